The molecule has 0 atom stereocenters. The van der Waals surface area contributed by atoms with Crippen LogP contribution in [0.5, 0.6) is 0 Å². The monoisotopic (exact) mass is 569 g/mol. The van der Waals surface area contributed by atoms with E-state index in [-0.39, 0.29) is 54.4 Å². The van der Waals surface area contributed by atoms with Crippen LogP contribution in [0.2, 0.25) is 5.02 Å². The fraction of sp³-hybridized carbons (Fsp3) is 0.550. The smallest absolute Gasteiger partial charge is 0.243 e. The lowest BCUT2D eigenvalue weighted by Gasteiger charge is -2.25. The van der Waals surface area contributed by atoms with E-state index in [2.05, 4.69) is 15.6 Å². The van der Waals surface area contributed by atoms with E-state index in [9.17, 15) is 9.59 Å². The van der Waals surface area contributed by atoms with Crippen LogP contribution in [0.15, 0.2) is 34.2 Å². The van der Waals surface area contributed by atoms with E-state index >= 15 is 0 Å². The normalized spacial score (nSPS) is 11.4. The molecule has 0 unspecified atom stereocenters. The van der Waals surface area contributed by atoms with Crippen molar-refractivity contribution < 1.29 is 9.59 Å². The van der Waals surface area contributed by atoms with Gasteiger partial charge in [0, 0.05) is 48.9 Å². The molecule has 2 amide bonds. The molecule has 0 aliphatic carbocycles. The summed E-state index contributed by atoms with van der Waals surface area (Å²) in [5, 5.41) is 6.88. The molecule has 0 heterocycles. The minimum atomic E-state index is -0.307. The minimum Gasteiger partial charge on any atom is -0.355 e. The molecular weight excluding hydrogens is 537 g/mol. The Kier molecular flexibility index (Phi) is 13.4. The molecule has 0 aliphatic rings. The molecule has 30 heavy (non-hydrogen) atoms. The van der Waals surface area contributed by atoms with Crippen LogP contribution < -0.4 is 10.6 Å². The summed E-state index contributed by atoms with van der Waals surface area (Å²) in [6, 6.07) is 7.67. The van der Waals surface area contributed by atoms with Crippen molar-refractivity contribution in [1.82, 2.24) is 20.4 Å². The van der Waals surface area contributed by atoms with Gasteiger partial charge in [-0.25, -0.2) is 4.99 Å². The lowest BCUT2D eigenvalue weighted by Crippen LogP contribution is -2.49. The predicted octanol–water partition coefficient (Wildman–Crippen LogP) is 2.93. The zero-order valence-corrected chi connectivity index (χ0v) is 22.4. The largest absolute Gasteiger partial charge is 0.355 e. The van der Waals surface area contributed by atoms with Gasteiger partial charge < -0.3 is 20.4 Å². The van der Waals surface area contributed by atoms with Crippen LogP contribution >= 0.6 is 47.3 Å². The zero-order chi connectivity index (χ0) is 22.0. The van der Waals surface area contributed by atoms with Gasteiger partial charge in [0.1, 0.15) is 6.54 Å². The first-order valence-electron chi connectivity index (χ1n) is 9.37. The SMILES string of the molecule is CN(C)C(=O)CN=C(NCCSc1ccc(Cl)cc1)N(C)CC(=O)NC(C)(C)C.I. The van der Waals surface area contributed by atoms with Gasteiger partial charge in [-0.2, -0.15) is 0 Å². The molecule has 7 nitrogen and oxygen atoms in total. The van der Waals surface area contributed by atoms with Gasteiger partial charge >= 0.3 is 0 Å². The van der Waals surface area contributed by atoms with Gasteiger partial charge in [-0.15, -0.1) is 35.7 Å². The molecule has 0 aromatic heterocycles. The Morgan fingerprint density at radius 1 is 1.13 bits per heavy atom. The second kappa shape index (κ2) is 14.0. The minimum absolute atomic E-state index is 0. The number of guanidine groups is 1. The number of carbonyl (C=O) groups is 2. The topological polar surface area (TPSA) is 77.0 Å². The highest BCUT2D eigenvalue weighted by atomic mass is 127. The molecule has 0 saturated heterocycles. The number of likely N-dealkylation sites (N-methyl/N-ethyl adjacent to an activating group) is 2. The fourth-order valence-corrected chi connectivity index (χ4v) is 3.10. The number of halogens is 2. The number of nitrogens with zero attached hydrogens (tertiary/aromatic N) is 3. The molecule has 0 bridgehead atoms. The van der Waals surface area contributed by atoms with E-state index in [1.807, 2.05) is 45.0 Å². The van der Waals surface area contributed by atoms with Gasteiger partial charge in [0.15, 0.2) is 5.96 Å². The number of benzene rings is 1. The average Bonchev–Trinajstić information content (AvgIpc) is 2.60. The maximum Gasteiger partial charge on any atom is 0.243 e. The van der Waals surface area contributed by atoms with Gasteiger partial charge in [0.05, 0.1) is 6.54 Å². The highest BCUT2D eigenvalue weighted by molar-refractivity contribution is 14.0. The molecule has 10 heteroatoms. The van der Waals surface area contributed by atoms with Crippen LogP contribution in [0, 0.1) is 0 Å². The number of hydrogen-bond donors (Lipinski definition) is 2. The third-order valence-corrected chi connectivity index (χ3v) is 4.85. The molecule has 170 valence electrons. The van der Waals surface area contributed by atoms with Crippen molar-refractivity contribution in [3.8, 4) is 0 Å². The Labute approximate surface area is 206 Å². The average molecular weight is 570 g/mol. The first kappa shape index (κ1) is 28.8. The molecule has 1 aromatic rings. The van der Waals surface area contributed by atoms with E-state index < -0.39 is 0 Å². The van der Waals surface area contributed by atoms with Crippen molar-refractivity contribution in [1.29, 1.82) is 0 Å². The van der Waals surface area contributed by atoms with Gasteiger partial charge in [-0.1, -0.05) is 11.6 Å². The van der Waals surface area contributed by atoms with Gasteiger partial charge in [-0.3, -0.25) is 9.59 Å². The third-order valence-electron chi connectivity index (χ3n) is 3.59. The molecule has 1 aromatic carbocycles. The summed E-state index contributed by atoms with van der Waals surface area (Å²) in [4.78, 5) is 32.9. The highest BCUT2D eigenvalue weighted by Crippen LogP contribution is 2.19. The fourth-order valence-electron chi connectivity index (χ4n) is 2.21. The number of hydrogen-bond acceptors (Lipinski definition) is 4. The summed E-state index contributed by atoms with van der Waals surface area (Å²) in [5.41, 5.74) is -0.307. The maximum absolute atomic E-state index is 12.2. The van der Waals surface area contributed by atoms with Crippen LogP contribution in [-0.4, -0.2) is 79.6 Å². The van der Waals surface area contributed by atoms with Crippen molar-refractivity contribution in [2.45, 2.75) is 31.2 Å². The van der Waals surface area contributed by atoms with Crippen molar-refractivity contribution in [2.24, 2.45) is 4.99 Å². The summed E-state index contributed by atoms with van der Waals surface area (Å²) in [7, 11) is 5.16. The lowest BCUT2D eigenvalue weighted by molar-refractivity contribution is -0.127. The van der Waals surface area contributed by atoms with Crippen LogP contribution in [0.3, 0.4) is 0 Å². The first-order valence-corrected chi connectivity index (χ1v) is 10.7. The number of rotatable bonds is 8. The number of thioether (sulfide) groups is 1. The molecule has 0 fully saturated rings. The Hall–Kier alpha value is -1.20. The van der Waals surface area contributed by atoms with Crippen LogP contribution in [0.1, 0.15) is 20.8 Å². The predicted molar refractivity (Wildman–Crippen MR) is 137 cm³/mol. The summed E-state index contributed by atoms with van der Waals surface area (Å²) < 4.78 is 0. The van der Waals surface area contributed by atoms with Crippen LogP contribution in [0.4, 0.5) is 0 Å². The molecule has 0 spiro atoms. The second-order valence-electron chi connectivity index (χ2n) is 7.81. The van der Waals surface area contributed by atoms with E-state index in [4.69, 9.17) is 11.6 Å². The summed E-state index contributed by atoms with van der Waals surface area (Å²) in [6.45, 7) is 6.59. The van der Waals surface area contributed by atoms with Crippen molar-refractivity contribution >= 4 is 65.1 Å². The number of carbonyl (C=O) groups excluding carboxylic acids is 2. The first-order chi connectivity index (χ1) is 13.5. The summed E-state index contributed by atoms with van der Waals surface area (Å²) >= 11 is 7.59. The Morgan fingerprint density at radius 3 is 2.27 bits per heavy atom. The van der Waals surface area contributed by atoms with Gasteiger partial charge in [-0.05, 0) is 45.0 Å². The third kappa shape index (κ3) is 12.5. The van der Waals surface area contributed by atoms with E-state index in [0.29, 0.717) is 17.5 Å². The molecule has 0 aliphatic heterocycles. The Balaban J connectivity index is 0.00000841. The highest BCUT2D eigenvalue weighted by Gasteiger charge is 2.17. The summed E-state index contributed by atoms with van der Waals surface area (Å²) in [5.74, 6) is 1.10. The van der Waals surface area contributed by atoms with E-state index in [1.54, 1.807) is 37.8 Å². The Bertz CT molecular complexity index is 708. The van der Waals surface area contributed by atoms with E-state index in [1.165, 1.54) is 4.90 Å². The standard InChI is InChI=1S/C20H32ClN5O2S.HI/c1-20(2,3)24-17(27)14-26(6)19(23-13-18(28)25(4)5)22-11-12-29-16-9-7-15(21)8-10-16;/h7-10H,11-14H2,1-6H3,(H,22,23)(H,24,27);1H. The number of aliphatic imine (C=N–C) groups is 1. The number of amides is 2. The number of nitrogens with one attached hydrogen (secondary N) is 2. The quantitative estimate of drug-likeness (QED) is 0.166. The lowest BCUT2D eigenvalue weighted by atomic mass is 10.1. The van der Waals surface area contributed by atoms with Gasteiger partial charge in [0.25, 0.3) is 0 Å². The summed E-state index contributed by atoms with van der Waals surface area (Å²) in [6.07, 6.45) is 0. The zero-order valence-electron chi connectivity index (χ0n) is 18.5. The maximum atomic E-state index is 12.2. The van der Waals surface area contributed by atoms with Crippen molar-refractivity contribution in [3.63, 3.8) is 0 Å². The van der Waals surface area contributed by atoms with Crippen LogP contribution in [-0.2, 0) is 9.59 Å². The van der Waals surface area contributed by atoms with Crippen molar-refractivity contribution in [2.75, 3.05) is 46.5 Å². The van der Waals surface area contributed by atoms with Crippen LogP contribution in [0.25, 0.3) is 0 Å². The van der Waals surface area contributed by atoms with E-state index in [0.717, 1.165) is 10.6 Å². The van der Waals surface area contributed by atoms with Crippen molar-refractivity contribution in [3.05, 3.63) is 29.3 Å². The molecule has 1 rings (SSSR count). The molecule has 0 saturated carbocycles. The Morgan fingerprint density at radius 2 is 1.73 bits per heavy atom. The second-order valence-corrected chi connectivity index (χ2v) is 9.42. The molecule has 2 N–H and O–H groups in total. The molecular formula is C20H33ClIN5O2S. The van der Waals surface area contributed by atoms with Gasteiger partial charge in [0.2, 0.25) is 11.8 Å². The molecule has 0 radical (unpaired) electrons.